The molecule has 0 aromatic heterocycles. The van der Waals surface area contributed by atoms with Crippen LogP contribution in [0.5, 0.6) is 5.75 Å². The zero-order chi connectivity index (χ0) is 14.7. The van der Waals surface area contributed by atoms with E-state index in [1.165, 1.54) is 24.3 Å². The number of ether oxygens (including phenoxy) is 1. The first-order valence-corrected chi connectivity index (χ1v) is 6.60. The Bertz CT molecular complexity index is 656. The van der Waals surface area contributed by atoms with Crippen LogP contribution in [0.3, 0.4) is 0 Å². The summed E-state index contributed by atoms with van der Waals surface area (Å²) in [6.45, 7) is 1.53. The molecule has 0 fully saturated rings. The Morgan fingerprint density at radius 2 is 1.95 bits per heavy atom. The summed E-state index contributed by atoms with van der Waals surface area (Å²) < 4.78 is 18.3. The molecule has 0 saturated carbocycles. The normalized spacial score (nSPS) is 10.4. The third kappa shape index (κ3) is 3.50. The summed E-state index contributed by atoms with van der Waals surface area (Å²) >= 11 is 11.7. The standard InChI is InChI=1S/C15H11Cl2FO2/c1-9-6-11(18)3-5-15(9)20-8-14(19)12-4-2-10(16)7-13(12)17/h2-7H,8H2,1H3. The summed E-state index contributed by atoms with van der Waals surface area (Å²) in [4.78, 5) is 12.0. The Morgan fingerprint density at radius 3 is 2.60 bits per heavy atom. The predicted octanol–water partition coefficient (Wildman–Crippen LogP) is 4.70. The van der Waals surface area contributed by atoms with Crippen LogP contribution in [0.15, 0.2) is 36.4 Å². The topological polar surface area (TPSA) is 26.3 Å². The molecule has 2 nitrogen and oxygen atoms in total. The smallest absolute Gasteiger partial charge is 0.201 e. The fourth-order valence-electron chi connectivity index (χ4n) is 1.71. The molecule has 0 radical (unpaired) electrons. The molecule has 0 aliphatic rings. The van der Waals surface area contributed by atoms with Gasteiger partial charge in [-0.3, -0.25) is 4.79 Å². The third-order valence-electron chi connectivity index (χ3n) is 2.73. The van der Waals surface area contributed by atoms with E-state index in [4.69, 9.17) is 27.9 Å². The summed E-state index contributed by atoms with van der Waals surface area (Å²) in [5.41, 5.74) is 0.968. The van der Waals surface area contributed by atoms with Gasteiger partial charge in [0.05, 0.1) is 5.02 Å². The average molecular weight is 313 g/mol. The number of hydrogen-bond acceptors (Lipinski definition) is 2. The van der Waals surface area contributed by atoms with Crippen LogP contribution in [0.25, 0.3) is 0 Å². The number of ketones is 1. The Labute approximate surface area is 126 Å². The third-order valence-corrected chi connectivity index (χ3v) is 3.28. The number of benzene rings is 2. The fourth-order valence-corrected chi connectivity index (χ4v) is 2.23. The van der Waals surface area contributed by atoms with Crippen molar-refractivity contribution in [3.05, 3.63) is 63.4 Å². The van der Waals surface area contributed by atoms with Gasteiger partial charge in [0.2, 0.25) is 5.78 Å². The highest BCUT2D eigenvalue weighted by Crippen LogP contribution is 2.22. The van der Waals surface area contributed by atoms with Crippen molar-refractivity contribution in [2.75, 3.05) is 6.61 Å². The van der Waals surface area contributed by atoms with Crippen molar-refractivity contribution in [3.63, 3.8) is 0 Å². The van der Waals surface area contributed by atoms with Crippen molar-refractivity contribution in [3.8, 4) is 5.75 Å². The van der Waals surface area contributed by atoms with E-state index < -0.39 is 0 Å². The summed E-state index contributed by atoms with van der Waals surface area (Å²) in [5.74, 6) is -0.151. The zero-order valence-corrected chi connectivity index (χ0v) is 12.1. The molecule has 0 N–H and O–H groups in total. The number of hydrogen-bond donors (Lipinski definition) is 0. The van der Waals surface area contributed by atoms with Crippen molar-refractivity contribution in [1.29, 1.82) is 0 Å². The number of aryl methyl sites for hydroxylation is 1. The van der Waals surface area contributed by atoms with Crippen LogP contribution in [-0.4, -0.2) is 12.4 Å². The maximum absolute atomic E-state index is 12.9. The van der Waals surface area contributed by atoms with E-state index in [1.54, 1.807) is 19.1 Å². The lowest BCUT2D eigenvalue weighted by molar-refractivity contribution is 0.0921. The number of rotatable bonds is 4. The highest BCUT2D eigenvalue weighted by molar-refractivity contribution is 6.36. The molecule has 0 unspecified atom stereocenters. The Balaban J connectivity index is 2.08. The molecule has 0 heterocycles. The van der Waals surface area contributed by atoms with Gasteiger partial charge in [0, 0.05) is 10.6 Å². The second-order valence-electron chi connectivity index (χ2n) is 4.25. The lowest BCUT2D eigenvalue weighted by Crippen LogP contribution is -2.12. The van der Waals surface area contributed by atoms with Gasteiger partial charge in [0.15, 0.2) is 6.61 Å². The van der Waals surface area contributed by atoms with Crippen molar-refractivity contribution in [2.24, 2.45) is 0 Å². The number of halogens is 3. The van der Waals surface area contributed by atoms with E-state index in [-0.39, 0.29) is 23.2 Å². The number of Topliss-reactive ketones (excluding diaryl/α,β-unsaturated/α-hetero) is 1. The minimum Gasteiger partial charge on any atom is -0.485 e. The van der Waals surface area contributed by atoms with Gasteiger partial charge in [-0.05, 0) is 48.9 Å². The van der Waals surface area contributed by atoms with Gasteiger partial charge >= 0.3 is 0 Å². The molecular formula is C15H11Cl2FO2. The van der Waals surface area contributed by atoms with Crippen molar-refractivity contribution < 1.29 is 13.9 Å². The Morgan fingerprint density at radius 1 is 1.20 bits per heavy atom. The van der Waals surface area contributed by atoms with E-state index in [1.807, 2.05) is 0 Å². The van der Waals surface area contributed by atoms with Gasteiger partial charge in [-0.15, -0.1) is 0 Å². The van der Waals surface area contributed by atoms with Crippen LogP contribution in [0, 0.1) is 12.7 Å². The molecule has 0 atom stereocenters. The SMILES string of the molecule is Cc1cc(F)ccc1OCC(=O)c1ccc(Cl)cc1Cl. The maximum Gasteiger partial charge on any atom is 0.201 e. The van der Waals surface area contributed by atoms with Gasteiger partial charge in [-0.2, -0.15) is 0 Å². The van der Waals surface area contributed by atoms with Crippen LogP contribution < -0.4 is 4.74 Å². The first-order valence-electron chi connectivity index (χ1n) is 5.84. The van der Waals surface area contributed by atoms with E-state index in [9.17, 15) is 9.18 Å². The van der Waals surface area contributed by atoms with E-state index >= 15 is 0 Å². The summed E-state index contributed by atoms with van der Waals surface area (Å²) in [6.07, 6.45) is 0. The number of carbonyl (C=O) groups excluding carboxylic acids is 1. The van der Waals surface area contributed by atoms with E-state index in [2.05, 4.69) is 0 Å². The Hall–Kier alpha value is -1.58. The van der Waals surface area contributed by atoms with E-state index in [0.29, 0.717) is 21.9 Å². The molecule has 2 aromatic rings. The lowest BCUT2D eigenvalue weighted by Gasteiger charge is -2.09. The van der Waals surface area contributed by atoms with Gasteiger partial charge in [0.1, 0.15) is 11.6 Å². The molecule has 0 saturated heterocycles. The quantitative estimate of drug-likeness (QED) is 0.765. The summed E-state index contributed by atoms with van der Waals surface area (Å²) in [5, 5.41) is 0.740. The molecule has 0 bridgehead atoms. The first-order chi connectivity index (χ1) is 9.47. The molecule has 104 valence electrons. The van der Waals surface area contributed by atoms with E-state index in [0.717, 1.165) is 0 Å². The molecule has 0 aliphatic carbocycles. The predicted molar refractivity (Wildman–Crippen MR) is 77.4 cm³/mol. The minimum absolute atomic E-state index is 0.173. The molecule has 2 aromatic carbocycles. The van der Waals surface area contributed by atoms with Crippen LogP contribution in [0.4, 0.5) is 4.39 Å². The van der Waals surface area contributed by atoms with Crippen molar-refractivity contribution >= 4 is 29.0 Å². The fraction of sp³-hybridized carbons (Fsp3) is 0.133. The summed E-state index contributed by atoms with van der Waals surface area (Å²) in [6, 6.07) is 8.75. The van der Waals surface area contributed by atoms with Crippen LogP contribution >= 0.6 is 23.2 Å². The average Bonchev–Trinajstić information content (AvgIpc) is 2.37. The van der Waals surface area contributed by atoms with Gasteiger partial charge in [-0.25, -0.2) is 4.39 Å². The Kier molecular flexibility index (Phi) is 4.63. The molecular weight excluding hydrogens is 302 g/mol. The van der Waals surface area contributed by atoms with Crippen molar-refractivity contribution in [2.45, 2.75) is 6.92 Å². The van der Waals surface area contributed by atoms with Gasteiger partial charge < -0.3 is 4.74 Å². The molecule has 0 amide bonds. The van der Waals surface area contributed by atoms with Crippen LogP contribution in [-0.2, 0) is 0 Å². The first kappa shape index (κ1) is 14.8. The summed E-state index contributed by atoms with van der Waals surface area (Å²) in [7, 11) is 0. The second-order valence-corrected chi connectivity index (χ2v) is 5.09. The molecule has 0 aliphatic heterocycles. The largest absolute Gasteiger partial charge is 0.485 e. The molecule has 0 spiro atoms. The molecule has 20 heavy (non-hydrogen) atoms. The maximum atomic E-state index is 12.9. The van der Waals surface area contributed by atoms with Crippen molar-refractivity contribution in [1.82, 2.24) is 0 Å². The van der Waals surface area contributed by atoms with Gasteiger partial charge in [0.25, 0.3) is 0 Å². The molecule has 5 heteroatoms. The van der Waals surface area contributed by atoms with Crippen LogP contribution in [0.1, 0.15) is 15.9 Å². The lowest BCUT2D eigenvalue weighted by atomic mass is 10.1. The zero-order valence-electron chi connectivity index (χ0n) is 10.6. The monoisotopic (exact) mass is 312 g/mol. The van der Waals surface area contributed by atoms with Crippen LogP contribution in [0.2, 0.25) is 10.0 Å². The second kappa shape index (κ2) is 6.25. The highest BCUT2D eigenvalue weighted by atomic mass is 35.5. The highest BCUT2D eigenvalue weighted by Gasteiger charge is 2.12. The van der Waals surface area contributed by atoms with Gasteiger partial charge in [-0.1, -0.05) is 23.2 Å². The molecule has 2 rings (SSSR count). The number of carbonyl (C=O) groups is 1. The minimum atomic E-state index is -0.345.